The van der Waals surface area contributed by atoms with Crippen molar-refractivity contribution in [1.82, 2.24) is 5.32 Å². The predicted octanol–water partition coefficient (Wildman–Crippen LogP) is 2.12. The predicted molar refractivity (Wildman–Crippen MR) is 69.2 cm³/mol. The first-order valence-corrected chi connectivity index (χ1v) is 6.21. The molecular weight excluding hydrogens is 226 g/mol. The molecule has 0 bridgehead atoms. The molecule has 0 aromatic rings. The Balaban J connectivity index is 0.00000225. The first-order valence-electron chi connectivity index (χ1n) is 6.21. The van der Waals surface area contributed by atoms with Crippen LogP contribution in [0.3, 0.4) is 0 Å². The summed E-state index contributed by atoms with van der Waals surface area (Å²) in [6, 6.07) is 0.425. The maximum absolute atomic E-state index is 9.64. The van der Waals surface area contributed by atoms with E-state index in [4.69, 9.17) is 4.74 Å². The van der Waals surface area contributed by atoms with Gasteiger partial charge in [0.2, 0.25) is 0 Å². The highest BCUT2D eigenvalue weighted by molar-refractivity contribution is 5.85. The second-order valence-corrected chi connectivity index (χ2v) is 4.81. The molecule has 3 nitrogen and oxygen atoms in total. The molecule has 98 valence electrons. The Hall–Kier alpha value is 0.170. The molecule has 0 radical (unpaired) electrons. The first-order chi connectivity index (χ1) is 7.18. The quantitative estimate of drug-likeness (QED) is 0.760. The van der Waals surface area contributed by atoms with E-state index in [1.165, 1.54) is 32.1 Å². The molecule has 16 heavy (non-hydrogen) atoms. The first kappa shape index (κ1) is 16.2. The Morgan fingerprint density at radius 2 is 1.88 bits per heavy atom. The van der Waals surface area contributed by atoms with Crippen molar-refractivity contribution >= 4 is 12.4 Å². The number of halogens is 1. The van der Waals surface area contributed by atoms with Crippen LogP contribution in [0.2, 0.25) is 0 Å². The maximum Gasteiger partial charge on any atom is 0.0897 e. The van der Waals surface area contributed by atoms with Crippen molar-refractivity contribution in [3.8, 4) is 0 Å². The van der Waals surface area contributed by atoms with Gasteiger partial charge in [-0.1, -0.05) is 33.1 Å². The van der Waals surface area contributed by atoms with E-state index in [0.29, 0.717) is 25.3 Å². The molecule has 0 spiro atoms. The number of aliphatic hydroxyl groups excluding tert-OH is 1. The van der Waals surface area contributed by atoms with Crippen molar-refractivity contribution in [1.29, 1.82) is 0 Å². The fraction of sp³-hybridized carbons (Fsp3) is 1.00. The standard InChI is InChI=1S/C12H25NO2.ClH/c1-10(2)13-8-11(14)9-15-12-6-4-3-5-7-12;/h10-14H,3-9H2,1-2H3;1H. The van der Waals surface area contributed by atoms with Crippen LogP contribution in [0.1, 0.15) is 46.0 Å². The van der Waals surface area contributed by atoms with E-state index >= 15 is 0 Å². The Morgan fingerprint density at radius 3 is 2.44 bits per heavy atom. The zero-order valence-corrected chi connectivity index (χ0v) is 11.3. The lowest BCUT2D eigenvalue weighted by molar-refractivity contribution is -0.0233. The lowest BCUT2D eigenvalue weighted by atomic mass is 9.98. The number of ether oxygens (including phenoxy) is 1. The summed E-state index contributed by atoms with van der Waals surface area (Å²) in [7, 11) is 0. The number of rotatable bonds is 6. The molecule has 2 N–H and O–H groups in total. The second kappa shape index (κ2) is 9.23. The molecule has 1 fully saturated rings. The molecule has 0 aromatic carbocycles. The van der Waals surface area contributed by atoms with Gasteiger partial charge in [-0.15, -0.1) is 12.4 Å². The average molecular weight is 252 g/mol. The zero-order chi connectivity index (χ0) is 11.1. The Labute approximate surface area is 105 Å². The van der Waals surface area contributed by atoms with E-state index in [2.05, 4.69) is 19.2 Å². The summed E-state index contributed by atoms with van der Waals surface area (Å²) in [5.74, 6) is 0. The summed E-state index contributed by atoms with van der Waals surface area (Å²) in [4.78, 5) is 0. The van der Waals surface area contributed by atoms with Crippen LogP contribution in [-0.2, 0) is 4.74 Å². The van der Waals surface area contributed by atoms with Gasteiger partial charge in [-0.25, -0.2) is 0 Å². The average Bonchev–Trinajstić information content (AvgIpc) is 2.25. The highest BCUT2D eigenvalue weighted by Gasteiger charge is 2.15. The number of hydrogen-bond acceptors (Lipinski definition) is 3. The lowest BCUT2D eigenvalue weighted by Crippen LogP contribution is -2.35. The molecule has 1 atom stereocenters. The summed E-state index contributed by atoms with van der Waals surface area (Å²) in [6.07, 6.45) is 6.28. The SMILES string of the molecule is CC(C)NCC(O)COC1CCCCC1.Cl. The van der Waals surface area contributed by atoms with Gasteiger partial charge in [0.1, 0.15) is 0 Å². The van der Waals surface area contributed by atoms with E-state index in [1.54, 1.807) is 0 Å². The fourth-order valence-electron chi connectivity index (χ4n) is 1.91. The van der Waals surface area contributed by atoms with Gasteiger partial charge in [-0.3, -0.25) is 0 Å². The summed E-state index contributed by atoms with van der Waals surface area (Å²) in [6.45, 7) is 5.26. The van der Waals surface area contributed by atoms with Crippen LogP contribution in [0.25, 0.3) is 0 Å². The van der Waals surface area contributed by atoms with Crippen molar-refractivity contribution in [2.75, 3.05) is 13.2 Å². The van der Waals surface area contributed by atoms with Gasteiger partial charge in [-0.05, 0) is 12.8 Å². The highest BCUT2D eigenvalue weighted by atomic mass is 35.5. The minimum absolute atomic E-state index is 0. The Morgan fingerprint density at radius 1 is 1.25 bits per heavy atom. The van der Waals surface area contributed by atoms with E-state index in [1.807, 2.05) is 0 Å². The molecule has 1 saturated carbocycles. The summed E-state index contributed by atoms with van der Waals surface area (Å²) in [5.41, 5.74) is 0. The molecule has 0 aliphatic heterocycles. The molecule has 4 heteroatoms. The monoisotopic (exact) mass is 251 g/mol. The Kier molecular flexibility index (Phi) is 9.32. The van der Waals surface area contributed by atoms with Gasteiger partial charge in [0.05, 0.1) is 18.8 Å². The number of nitrogens with one attached hydrogen (secondary N) is 1. The van der Waals surface area contributed by atoms with Crippen LogP contribution in [0.15, 0.2) is 0 Å². The third-order valence-electron chi connectivity index (χ3n) is 2.84. The molecule has 0 saturated heterocycles. The minimum Gasteiger partial charge on any atom is -0.389 e. The van der Waals surface area contributed by atoms with Crippen LogP contribution in [-0.4, -0.2) is 36.5 Å². The third-order valence-corrected chi connectivity index (χ3v) is 2.84. The third kappa shape index (κ3) is 7.44. The van der Waals surface area contributed by atoms with Crippen LogP contribution >= 0.6 is 12.4 Å². The largest absolute Gasteiger partial charge is 0.389 e. The van der Waals surface area contributed by atoms with E-state index < -0.39 is 0 Å². The zero-order valence-electron chi connectivity index (χ0n) is 10.4. The minimum atomic E-state index is -0.366. The molecule has 1 rings (SSSR count). The Bertz CT molecular complexity index is 161. The van der Waals surface area contributed by atoms with Crippen LogP contribution in [0.5, 0.6) is 0 Å². The molecule has 0 amide bonds. The lowest BCUT2D eigenvalue weighted by Gasteiger charge is -2.23. The number of hydrogen-bond donors (Lipinski definition) is 2. The van der Waals surface area contributed by atoms with Gasteiger partial charge in [-0.2, -0.15) is 0 Å². The summed E-state index contributed by atoms with van der Waals surface area (Å²) in [5, 5.41) is 12.8. The van der Waals surface area contributed by atoms with Gasteiger partial charge >= 0.3 is 0 Å². The van der Waals surface area contributed by atoms with Crippen molar-refractivity contribution in [2.45, 2.75) is 64.2 Å². The topological polar surface area (TPSA) is 41.5 Å². The molecule has 1 unspecified atom stereocenters. The van der Waals surface area contributed by atoms with Crippen LogP contribution < -0.4 is 5.32 Å². The normalized spacial score (nSPS) is 19.5. The summed E-state index contributed by atoms with van der Waals surface area (Å²) >= 11 is 0. The smallest absolute Gasteiger partial charge is 0.0897 e. The van der Waals surface area contributed by atoms with Crippen molar-refractivity contribution < 1.29 is 9.84 Å². The van der Waals surface area contributed by atoms with E-state index in [0.717, 1.165) is 0 Å². The maximum atomic E-state index is 9.64. The van der Waals surface area contributed by atoms with Crippen molar-refractivity contribution in [2.24, 2.45) is 0 Å². The van der Waals surface area contributed by atoms with Gasteiger partial charge in [0.15, 0.2) is 0 Å². The molecule has 1 aliphatic carbocycles. The molecule has 0 aromatic heterocycles. The molecular formula is C12H26ClNO2. The highest BCUT2D eigenvalue weighted by Crippen LogP contribution is 2.20. The van der Waals surface area contributed by atoms with Gasteiger partial charge in [0.25, 0.3) is 0 Å². The van der Waals surface area contributed by atoms with E-state index in [-0.39, 0.29) is 18.5 Å². The van der Waals surface area contributed by atoms with Crippen LogP contribution in [0, 0.1) is 0 Å². The van der Waals surface area contributed by atoms with Gasteiger partial charge in [0, 0.05) is 12.6 Å². The van der Waals surface area contributed by atoms with Gasteiger partial charge < -0.3 is 15.2 Å². The van der Waals surface area contributed by atoms with Crippen molar-refractivity contribution in [3.05, 3.63) is 0 Å². The van der Waals surface area contributed by atoms with Crippen LogP contribution in [0.4, 0.5) is 0 Å². The fourth-order valence-corrected chi connectivity index (χ4v) is 1.91. The van der Waals surface area contributed by atoms with E-state index in [9.17, 15) is 5.11 Å². The summed E-state index contributed by atoms with van der Waals surface area (Å²) < 4.78 is 5.69. The molecule has 0 heterocycles. The molecule has 1 aliphatic rings. The number of aliphatic hydroxyl groups is 1. The second-order valence-electron chi connectivity index (χ2n) is 4.81. The van der Waals surface area contributed by atoms with Crippen molar-refractivity contribution in [3.63, 3.8) is 0 Å².